The number of rotatable bonds is 1. The van der Waals surface area contributed by atoms with Gasteiger partial charge in [0.05, 0.1) is 13.1 Å². The molecule has 3 rings (SSSR count). The zero-order chi connectivity index (χ0) is 12.7. The second-order valence-electron chi connectivity index (χ2n) is 4.92. The highest BCUT2D eigenvalue weighted by Crippen LogP contribution is 2.33. The second kappa shape index (κ2) is 5.23. The standard InChI is InChI=1S/C12H14Br2N2OS/c13-10-5-9(11(14)18-10)12(17)16-4-3-7-1-2-8(6-16)15-7/h5,7-8,15H,1-4,6H2. The second-order valence-corrected chi connectivity index (χ2v) is 8.66. The third-order valence-electron chi connectivity index (χ3n) is 3.70. The van der Waals surface area contributed by atoms with Crippen LogP contribution in [0.2, 0.25) is 0 Å². The molecule has 18 heavy (non-hydrogen) atoms. The quantitative estimate of drug-likeness (QED) is 0.794. The van der Waals surface area contributed by atoms with E-state index < -0.39 is 0 Å². The molecule has 1 aromatic heterocycles. The summed E-state index contributed by atoms with van der Waals surface area (Å²) in [7, 11) is 0. The first-order valence-electron chi connectivity index (χ1n) is 6.13. The molecule has 0 aliphatic carbocycles. The number of carbonyl (C=O) groups is 1. The smallest absolute Gasteiger partial charge is 0.255 e. The van der Waals surface area contributed by atoms with Gasteiger partial charge in [0.1, 0.15) is 0 Å². The molecule has 3 heterocycles. The number of hydrogen-bond acceptors (Lipinski definition) is 3. The molecule has 2 fully saturated rings. The fraction of sp³-hybridized carbons (Fsp3) is 0.583. The molecule has 1 aromatic rings. The van der Waals surface area contributed by atoms with Crippen molar-refractivity contribution in [2.24, 2.45) is 0 Å². The van der Waals surface area contributed by atoms with E-state index in [1.54, 1.807) is 11.3 Å². The van der Waals surface area contributed by atoms with E-state index in [0.717, 1.165) is 32.6 Å². The largest absolute Gasteiger partial charge is 0.337 e. The van der Waals surface area contributed by atoms with Crippen LogP contribution in [0.4, 0.5) is 0 Å². The Hall–Kier alpha value is 0.0900. The van der Waals surface area contributed by atoms with Gasteiger partial charge in [-0.1, -0.05) is 0 Å². The van der Waals surface area contributed by atoms with E-state index in [-0.39, 0.29) is 5.91 Å². The SMILES string of the molecule is O=C(c1cc(Br)sc1Br)N1CCC2CCC(C1)N2. The van der Waals surface area contributed by atoms with Crippen LogP contribution in [0.15, 0.2) is 13.6 Å². The fourth-order valence-electron chi connectivity index (χ4n) is 2.78. The molecule has 1 amide bonds. The number of thiophene rings is 1. The molecule has 2 aliphatic heterocycles. The van der Waals surface area contributed by atoms with E-state index in [4.69, 9.17) is 0 Å². The van der Waals surface area contributed by atoms with E-state index in [9.17, 15) is 4.79 Å². The first-order valence-corrected chi connectivity index (χ1v) is 8.54. The average molecular weight is 394 g/mol. The van der Waals surface area contributed by atoms with Crippen molar-refractivity contribution in [2.75, 3.05) is 13.1 Å². The van der Waals surface area contributed by atoms with Crippen molar-refractivity contribution < 1.29 is 4.79 Å². The maximum absolute atomic E-state index is 12.5. The third kappa shape index (κ3) is 2.53. The number of nitrogens with one attached hydrogen (secondary N) is 1. The highest BCUT2D eigenvalue weighted by atomic mass is 79.9. The van der Waals surface area contributed by atoms with Crippen molar-refractivity contribution in [3.05, 3.63) is 19.2 Å². The minimum absolute atomic E-state index is 0.151. The van der Waals surface area contributed by atoms with E-state index in [0.29, 0.717) is 12.1 Å². The van der Waals surface area contributed by atoms with E-state index in [1.165, 1.54) is 12.8 Å². The number of carbonyl (C=O) groups excluding carboxylic acids is 1. The van der Waals surface area contributed by atoms with Crippen molar-refractivity contribution in [3.63, 3.8) is 0 Å². The zero-order valence-electron chi connectivity index (χ0n) is 9.79. The highest BCUT2D eigenvalue weighted by Gasteiger charge is 2.32. The van der Waals surface area contributed by atoms with Gasteiger partial charge in [0.2, 0.25) is 0 Å². The maximum Gasteiger partial charge on any atom is 0.255 e. The van der Waals surface area contributed by atoms with Crippen LogP contribution in [0, 0.1) is 0 Å². The van der Waals surface area contributed by atoms with E-state index >= 15 is 0 Å². The first kappa shape index (κ1) is 13.1. The molecular formula is C12H14Br2N2OS. The lowest BCUT2D eigenvalue weighted by molar-refractivity contribution is 0.0748. The number of amides is 1. The summed E-state index contributed by atoms with van der Waals surface area (Å²) in [5.41, 5.74) is 0.782. The van der Waals surface area contributed by atoms with Crippen LogP contribution in [-0.2, 0) is 0 Å². The predicted molar refractivity (Wildman–Crippen MR) is 80.2 cm³/mol. The molecule has 2 bridgehead atoms. The van der Waals surface area contributed by atoms with Gasteiger partial charge in [-0.15, -0.1) is 11.3 Å². The summed E-state index contributed by atoms with van der Waals surface area (Å²) in [6.45, 7) is 1.71. The molecule has 6 heteroatoms. The summed E-state index contributed by atoms with van der Waals surface area (Å²) < 4.78 is 1.91. The number of halogens is 2. The molecule has 0 saturated carbocycles. The van der Waals surface area contributed by atoms with Gasteiger partial charge in [-0.3, -0.25) is 4.79 Å². The number of nitrogens with zero attached hydrogens (tertiary/aromatic N) is 1. The normalized spacial score (nSPS) is 27.3. The van der Waals surface area contributed by atoms with Crippen LogP contribution in [0.3, 0.4) is 0 Å². The van der Waals surface area contributed by atoms with Gasteiger partial charge < -0.3 is 10.2 Å². The van der Waals surface area contributed by atoms with Crippen LogP contribution in [-0.4, -0.2) is 36.0 Å². The van der Waals surface area contributed by atoms with Crippen LogP contribution in [0.25, 0.3) is 0 Å². The molecule has 3 nitrogen and oxygen atoms in total. The van der Waals surface area contributed by atoms with Crippen molar-refractivity contribution in [1.29, 1.82) is 0 Å². The minimum Gasteiger partial charge on any atom is -0.337 e. The predicted octanol–water partition coefficient (Wildman–Crippen LogP) is 3.24. The highest BCUT2D eigenvalue weighted by molar-refractivity contribution is 9.12. The van der Waals surface area contributed by atoms with Crippen LogP contribution in [0.1, 0.15) is 29.6 Å². The van der Waals surface area contributed by atoms with Crippen LogP contribution in [0.5, 0.6) is 0 Å². The van der Waals surface area contributed by atoms with Gasteiger partial charge in [-0.05, 0) is 57.2 Å². The van der Waals surface area contributed by atoms with Crippen molar-refractivity contribution >= 4 is 49.1 Å². The summed E-state index contributed by atoms with van der Waals surface area (Å²) >= 11 is 8.45. The Kier molecular flexibility index (Phi) is 3.80. The molecule has 2 atom stereocenters. The van der Waals surface area contributed by atoms with Crippen LogP contribution >= 0.6 is 43.2 Å². The molecule has 0 aromatic carbocycles. The van der Waals surface area contributed by atoms with Gasteiger partial charge in [-0.25, -0.2) is 0 Å². The molecule has 0 spiro atoms. The topological polar surface area (TPSA) is 32.3 Å². The van der Waals surface area contributed by atoms with Gasteiger partial charge in [-0.2, -0.15) is 0 Å². The molecule has 98 valence electrons. The van der Waals surface area contributed by atoms with Gasteiger partial charge in [0.25, 0.3) is 5.91 Å². The Bertz CT molecular complexity index is 477. The molecule has 2 aliphatic rings. The molecule has 2 saturated heterocycles. The Morgan fingerprint density at radius 1 is 1.33 bits per heavy atom. The summed E-state index contributed by atoms with van der Waals surface area (Å²) in [5, 5.41) is 3.60. The van der Waals surface area contributed by atoms with Crippen molar-refractivity contribution in [2.45, 2.75) is 31.3 Å². The zero-order valence-corrected chi connectivity index (χ0v) is 13.8. The van der Waals surface area contributed by atoms with E-state index in [2.05, 4.69) is 37.2 Å². The Morgan fingerprint density at radius 2 is 2.11 bits per heavy atom. The number of fused-ring (bicyclic) bond motifs is 2. The lowest BCUT2D eigenvalue weighted by Crippen LogP contribution is -2.39. The van der Waals surface area contributed by atoms with Crippen molar-refractivity contribution in [3.8, 4) is 0 Å². The Balaban J connectivity index is 1.78. The lowest BCUT2D eigenvalue weighted by atomic mass is 10.1. The fourth-order valence-corrected chi connectivity index (χ4v) is 5.56. The first-order chi connectivity index (χ1) is 8.63. The molecule has 0 radical (unpaired) electrons. The summed E-state index contributed by atoms with van der Waals surface area (Å²) in [5.74, 6) is 0.151. The minimum atomic E-state index is 0.151. The Morgan fingerprint density at radius 3 is 2.83 bits per heavy atom. The third-order valence-corrected chi connectivity index (χ3v) is 6.04. The summed E-state index contributed by atoms with van der Waals surface area (Å²) in [6.07, 6.45) is 3.54. The molecule has 1 N–H and O–H groups in total. The number of hydrogen-bond donors (Lipinski definition) is 1. The Labute approximate surface area is 127 Å². The summed E-state index contributed by atoms with van der Waals surface area (Å²) in [6, 6.07) is 3.01. The maximum atomic E-state index is 12.5. The number of likely N-dealkylation sites (tertiary alicyclic amines) is 1. The monoisotopic (exact) mass is 392 g/mol. The van der Waals surface area contributed by atoms with Crippen molar-refractivity contribution in [1.82, 2.24) is 10.2 Å². The van der Waals surface area contributed by atoms with Gasteiger partial charge >= 0.3 is 0 Å². The van der Waals surface area contributed by atoms with Crippen LogP contribution < -0.4 is 5.32 Å². The lowest BCUT2D eigenvalue weighted by Gasteiger charge is -2.24. The molecule has 2 unspecified atom stereocenters. The van der Waals surface area contributed by atoms with Gasteiger partial charge in [0.15, 0.2) is 0 Å². The molecular weight excluding hydrogens is 380 g/mol. The van der Waals surface area contributed by atoms with E-state index in [1.807, 2.05) is 11.0 Å². The summed E-state index contributed by atoms with van der Waals surface area (Å²) in [4.78, 5) is 14.5. The van der Waals surface area contributed by atoms with Gasteiger partial charge in [0, 0.05) is 25.2 Å². The average Bonchev–Trinajstić information content (AvgIpc) is 2.81.